The fourth-order valence-electron chi connectivity index (χ4n) is 1.70. The van der Waals surface area contributed by atoms with Crippen LogP contribution in [0.3, 0.4) is 0 Å². The minimum absolute atomic E-state index is 0.128. The summed E-state index contributed by atoms with van der Waals surface area (Å²) in [4.78, 5) is 0. The number of halogens is 1. The molecule has 0 saturated heterocycles. The third kappa shape index (κ3) is 2.78. The molecule has 1 N–H and O–H groups in total. The molecule has 0 aromatic rings. The van der Waals surface area contributed by atoms with Gasteiger partial charge < -0.3 is 5.32 Å². The van der Waals surface area contributed by atoms with Crippen LogP contribution in [0.25, 0.3) is 0 Å². The molecule has 1 fully saturated rings. The van der Waals surface area contributed by atoms with Gasteiger partial charge in [0, 0.05) is 12.1 Å². The molecule has 0 bridgehead atoms. The van der Waals surface area contributed by atoms with E-state index in [1.807, 2.05) is 0 Å². The first-order chi connectivity index (χ1) is 5.20. The van der Waals surface area contributed by atoms with E-state index < -0.39 is 6.17 Å². The molecule has 2 atom stereocenters. The van der Waals surface area contributed by atoms with Crippen LogP contribution < -0.4 is 5.32 Å². The Balaban J connectivity index is 2.29. The van der Waals surface area contributed by atoms with Gasteiger partial charge in [-0.2, -0.15) is 0 Å². The van der Waals surface area contributed by atoms with Crippen LogP contribution in [0.1, 0.15) is 39.5 Å². The molecule has 1 aliphatic rings. The predicted molar refractivity (Wildman–Crippen MR) is 45.4 cm³/mol. The second-order valence-electron chi connectivity index (χ2n) is 3.73. The van der Waals surface area contributed by atoms with Crippen LogP contribution in [0.15, 0.2) is 0 Å². The SMILES string of the molecule is CC(C)N[C@@H]1CCCC[C@H]1F. The number of nitrogens with one attached hydrogen (secondary N) is 1. The molecule has 0 radical (unpaired) electrons. The quantitative estimate of drug-likeness (QED) is 0.651. The van der Waals surface area contributed by atoms with Crippen molar-refractivity contribution in [2.24, 2.45) is 0 Å². The summed E-state index contributed by atoms with van der Waals surface area (Å²) in [5, 5.41) is 3.26. The second-order valence-corrected chi connectivity index (χ2v) is 3.73. The van der Waals surface area contributed by atoms with Crippen molar-refractivity contribution in [1.29, 1.82) is 0 Å². The Hall–Kier alpha value is -0.110. The van der Waals surface area contributed by atoms with Gasteiger partial charge >= 0.3 is 0 Å². The highest BCUT2D eigenvalue weighted by Gasteiger charge is 2.24. The summed E-state index contributed by atoms with van der Waals surface area (Å²) in [6.07, 6.45) is 3.41. The molecule has 66 valence electrons. The Morgan fingerprint density at radius 3 is 2.45 bits per heavy atom. The molecule has 0 heterocycles. The van der Waals surface area contributed by atoms with E-state index >= 15 is 0 Å². The van der Waals surface area contributed by atoms with E-state index in [1.54, 1.807) is 0 Å². The van der Waals surface area contributed by atoms with Crippen molar-refractivity contribution < 1.29 is 4.39 Å². The second kappa shape index (κ2) is 4.05. The Morgan fingerprint density at radius 2 is 1.91 bits per heavy atom. The highest BCUT2D eigenvalue weighted by Crippen LogP contribution is 2.21. The lowest BCUT2D eigenvalue weighted by atomic mass is 9.93. The van der Waals surface area contributed by atoms with Crippen molar-refractivity contribution in [3.63, 3.8) is 0 Å². The predicted octanol–water partition coefficient (Wildman–Crippen LogP) is 2.27. The van der Waals surface area contributed by atoms with Crippen LogP contribution >= 0.6 is 0 Å². The molecule has 0 aromatic carbocycles. The molecule has 0 unspecified atom stereocenters. The van der Waals surface area contributed by atoms with E-state index in [2.05, 4.69) is 19.2 Å². The van der Waals surface area contributed by atoms with E-state index in [1.165, 1.54) is 6.42 Å². The molecule has 0 spiro atoms. The first-order valence-corrected chi connectivity index (χ1v) is 4.60. The monoisotopic (exact) mass is 159 g/mol. The van der Waals surface area contributed by atoms with Crippen LogP contribution in [0.2, 0.25) is 0 Å². The van der Waals surface area contributed by atoms with Crippen LogP contribution in [0.4, 0.5) is 4.39 Å². The molecule has 1 rings (SSSR count). The molecule has 0 aliphatic heterocycles. The lowest BCUT2D eigenvalue weighted by Crippen LogP contribution is -2.43. The summed E-state index contributed by atoms with van der Waals surface area (Å²) >= 11 is 0. The smallest absolute Gasteiger partial charge is 0.115 e. The van der Waals surface area contributed by atoms with Gasteiger partial charge in [0.15, 0.2) is 0 Å². The van der Waals surface area contributed by atoms with Crippen LogP contribution in [0.5, 0.6) is 0 Å². The Morgan fingerprint density at radius 1 is 1.27 bits per heavy atom. The summed E-state index contributed by atoms with van der Waals surface area (Å²) < 4.78 is 13.1. The van der Waals surface area contributed by atoms with Gasteiger partial charge in [0.2, 0.25) is 0 Å². The van der Waals surface area contributed by atoms with Gasteiger partial charge in [-0.05, 0) is 12.8 Å². The lowest BCUT2D eigenvalue weighted by molar-refractivity contribution is 0.182. The Bertz CT molecular complexity index is 114. The van der Waals surface area contributed by atoms with Crippen molar-refractivity contribution in [2.75, 3.05) is 0 Å². The van der Waals surface area contributed by atoms with Crippen molar-refractivity contribution in [3.8, 4) is 0 Å². The Kier molecular flexibility index (Phi) is 3.31. The summed E-state index contributed by atoms with van der Waals surface area (Å²) in [5.74, 6) is 0. The summed E-state index contributed by atoms with van der Waals surface area (Å²) in [6, 6.07) is 0.542. The molecule has 1 aliphatic carbocycles. The van der Waals surface area contributed by atoms with Crippen LogP contribution in [0, 0.1) is 0 Å². The maximum absolute atomic E-state index is 13.1. The maximum atomic E-state index is 13.1. The minimum atomic E-state index is -0.605. The van der Waals surface area contributed by atoms with Crippen LogP contribution in [-0.2, 0) is 0 Å². The molecular weight excluding hydrogens is 141 g/mol. The minimum Gasteiger partial charge on any atom is -0.309 e. The number of rotatable bonds is 2. The van der Waals surface area contributed by atoms with Gasteiger partial charge in [-0.3, -0.25) is 0 Å². The van der Waals surface area contributed by atoms with Gasteiger partial charge in [-0.15, -0.1) is 0 Å². The first kappa shape index (κ1) is 8.98. The van der Waals surface area contributed by atoms with E-state index in [9.17, 15) is 4.39 Å². The first-order valence-electron chi connectivity index (χ1n) is 4.60. The normalized spacial score (nSPS) is 32.7. The van der Waals surface area contributed by atoms with Gasteiger partial charge in [-0.25, -0.2) is 4.39 Å². The highest BCUT2D eigenvalue weighted by atomic mass is 19.1. The highest BCUT2D eigenvalue weighted by molar-refractivity contribution is 4.81. The van der Waals surface area contributed by atoms with Crippen molar-refractivity contribution in [2.45, 2.75) is 57.8 Å². The van der Waals surface area contributed by atoms with E-state index in [0.717, 1.165) is 19.3 Å². The fraction of sp³-hybridized carbons (Fsp3) is 1.00. The Labute approximate surface area is 68.4 Å². The zero-order valence-corrected chi connectivity index (χ0v) is 7.44. The zero-order chi connectivity index (χ0) is 8.27. The number of alkyl halides is 1. The molecule has 11 heavy (non-hydrogen) atoms. The van der Waals surface area contributed by atoms with Gasteiger partial charge in [0.1, 0.15) is 6.17 Å². The molecule has 1 nitrogen and oxygen atoms in total. The molecule has 0 amide bonds. The van der Waals surface area contributed by atoms with E-state index in [0.29, 0.717) is 6.04 Å². The van der Waals surface area contributed by atoms with Crippen molar-refractivity contribution in [1.82, 2.24) is 5.32 Å². The standard InChI is InChI=1S/C9H18FN/c1-7(2)11-9-6-4-3-5-8(9)10/h7-9,11H,3-6H2,1-2H3/t8-,9-/m1/s1. The molecular formula is C9H18FN. The summed E-state index contributed by atoms with van der Waals surface area (Å²) in [6.45, 7) is 4.14. The largest absolute Gasteiger partial charge is 0.309 e. The summed E-state index contributed by atoms with van der Waals surface area (Å²) in [5.41, 5.74) is 0. The van der Waals surface area contributed by atoms with Crippen molar-refractivity contribution >= 4 is 0 Å². The molecule has 2 heteroatoms. The van der Waals surface area contributed by atoms with E-state index in [-0.39, 0.29) is 6.04 Å². The van der Waals surface area contributed by atoms with Gasteiger partial charge in [0.25, 0.3) is 0 Å². The van der Waals surface area contributed by atoms with Crippen LogP contribution in [-0.4, -0.2) is 18.3 Å². The zero-order valence-electron chi connectivity index (χ0n) is 7.44. The third-order valence-electron chi connectivity index (χ3n) is 2.23. The van der Waals surface area contributed by atoms with Gasteiger partial charge in [-0.1, -0.05) is 26.7 Å². The number of hydrogen-bond donors (Lipinski definition) is 1. The lowest BCUT2D eigenvalue weighted by Gasteiger charge is -2.28. The summed E-state index contributed by atoms with van der Waals surface area (Å²) in [7, 11) is 0. The van der Waals surface area contributed by atoms with Gasteiger partial charge in [0.05, 0.1) is 0 Å². The average Bonchev–Trinajstić information content (AvgIpc) is 1.93. The topological polar surface area (TPSA) is 12.0 Å². The molecule has 1 saturated carbocycles. The third-order valence-corrected chi connectivity index (χ3v) is 2.23. The fourth-order valence-corrected chi connectivity index (χ4v) is 1.70. The average molecular weight is 159 g/mol. The maximum Gasteiger partial charge on any atom is 0.115 e. The molecule has 0 aromatic heterocycles. The van der Waals surface area contributed by atoms with Crippen molar-refractivity contribution in [3.05, 3.63) is 0 Å². The number of hydrogen-bond acceptors (Lipinski definition) is 1. The van der Waals surface area contributed by atoms with E-state index in [4.69, 9.17) is 0 Å².